The number of ether oxygens (including phenoxy) is 1. The van der Waals surface area contributed by atoms with Crippen molar-refractivity contribution in [3.8, 4) is 5.75 Å². The number of methoxy groups -OCH3 is 1. The van der Waals surface area contributed by atoms with E-state index in [-0.39, 0.29) is 36.8 Å². The number of hydrogen-bond donors (Lipinski definition) is 2. The lowest BCUT2D eigenvalue weighted by atomic mass is 9.91. The second-order valence-corrected chi connectivity index (χ2v) is 5.63. The molecule has 3 N–H and O–H groups in total. The molecular formula is C16H27Cl2N3O2. The van der Waals surface area contributed by atoms with Gasteiger partial charge in [0.1, 0.15) is 5.75 Å². The number of likely N-dealkylation sites (tertiary alicyclic amines) is 1. The number of amides is 1. The number of hydrogen-bond acceptors (Lipinski definition) is 4. The fourth-order valence-corrected chi connectivity index (χ4v) is 2.75. The summed E-state index contributed by atoms with van der Waals surface area (Å²) in [5, 5.41) is 3.15. The molecule has 5 nitrogen and oxygen atoms in total. The van der Waals surface area contributed by atoms with Crippen molar-refractivity contribution in [3.05, 3.63) is 24.3 Å². The molecule has 23 heavy (non-hydrogen) atoms. The normalized spacial score (nSPS) is 15.9. The second-order valence-electron chi connectivity index (χ2n) is 5.63. The van der Waals surface area contributed by atoms with Crippen LogP contribution in [0.25, 0.3) is 0 Å². The molecule has 1 atom stereocenters. The Morgan fingerprint density at radius 1 is 1.35 bits per heavy atom. The van der Waals surface area contributed by atoms with Gasteiger partial charge in [0.25, 0.3) is 0 Å². The van der Waals surface area contributed by atoms with E-state index in [0.717, 1.165) is 37.4 Å². The van der Waals surface area contributed by atoms with Crippen molar-refractivity contribution in [1.29, 1.82) is 0 Å². The van der Waals surface area contributed by atoms with Crippen molar-refractivity contribution in [3.63, 3.8) is 0 Å². The number of nitrogens with zero attached hydrogens (tertiary/aromatic N) is 1. The predicted octanol–water partition coefficient (Wildman–Crippen LogP) is 2.54. The van der Waals surface area contributed by atoms with E-state index in [0.29, 0.717) is 12.5 Å². The summed E-state index contributed by atoms with van der Waals surface area (Å²) in [4.78, 5) is 14.2. The van der Waals surface area contributed by atoms with Crippen LogP contribution in [-0.4, -0.2) is 43.6 Å². The summed E-state index contributed by atoms with van der Waals surface area (Å²) < 4.78 is 5.26. The van der Waals surface area contributed by atoms with E-state index in [1.807, 2.05) is 36.1 Å². The van der Waals surface area contributed by atoms with Crippen molar-refractivity contribution < 1.29 is 9.53 Å². The minimum absolute atomic E-state index is 0. The number of halogens is 2. The zero-order valence-electron chi connectivity index (χ0n) is 13.7. The Morgan fingerprint density at radius 3 is 2.52 bits per heavy atom. The van der Waals surface area contributed by atoms with E-state index >= 15 is 0 Å². The number of benzene rings is 1. The molecule has 2 rings (SSSR count). The number of nitrogens with two attached hydrogens (primary N) is 1. The zero-order valence-corrected chi connectivity index (χ0v) is 15.3. The Bertz CT molecular complexity index is 478. The van der Waals surface area contributed by atoms with Crippen molar-refractivity contribution >= 4 is 36.4 Å². The van der Waals surface area contributed by atoms with Gasteiger partial charge in [0.15, 0.2) is 0 Å². The topological polar surface area (TPSA) is 67.6 Å². The van der Waals surface area contributed by atoms with Crippen molar-refractivity contribution in [1.82, 2.24) is 4.90 Å². The number of anilines is 1. The Morgan fingerprint density at radius 2 is 1.96 bits per heavy atom. The van der Waals surface area contributed by atoms with E-state index in [1.165, 1.54) is 0 Å². The van der Waals surface area contributed by atoms with Gasteiger partial charge in [0.05, 0.1) is 19.3 Å². The highest BCUT2D eigenvalue weighted by Gasteiger charge is 2.24. The molecule has 0 bridgehead atoms. The molecule has 1 amide bonds. The molecule has 0 spiro atoms. The maximum Gasteiger partial charge on any atom is 0.241 e. The van der Waals surface area contributed by atoms with E-state index in [9.17, 15) is 4.79 Å². The Hall–Kier alpha value is -1.17. The number of rotatable bonds is 5. The predicted molar refractivity (Wildman–Crippen MR) is 98.9 cm³/mol. The molecule has 1 aromatic carbocycles. The first kappa shape index (κ1) is 21.8. The van der Waals surface area contributed by atoms with Crippen LogP contribution in [0.1, 0.15) is 19.8 Å². The summed E-state index contributed by atoms with van der Waals surface area (Å²) in [6.45, 7) is 3.95. The minimum Gasteiger partial charge on any atom is -0.495 e. The number of carbonyl (C=O) groups is 1. The molecular weight excluding hydrogens is 337 g/mol. The first-order chi connectivity index (χ1) is 10.1. The fraction of sp³-hybridized carbons (Fsp3) is 0.562. The summed E-state index contributed by atoms with van der Waals surface area (Å²) in [7, 11) is 1.63. The third-order valence-corrected chi connectivity index (χ3v) is 4.17. The first-order valence-corrected chi connectivity index (χ1v) is 7.52. The highest BCUT2D eigenvalue weighted by atomic mass is 35.5. The molecule has 1 fully saturated rings. The van der Waals surface area contributed by atoms with E-state index < -0.39 is 0 Å². The van der Waals surface area contributed by atoms with Crippen molar-refractivity contribution in [2.75, 3.05) is 32.1 Å². The number of piperidine rings is 1. The molecule has 1 aliphatic rings. The Kier molecular flexibility index (Phi) is 10.0. The van der Waals surface area contributed by atoms with Gasteiger partial charge in [-0.25, -0.2) is 0 Å². The minimum atomic E-state index is 0. The Labute approximate surface area is 150 Å². The van der Waals surface area contributed by atoms with Crippen LogP contribution in [0.5, 0.6) is 5.75 Å². The van der Waals surface area contributed by atoms with Gasteiger partial charge in [0.2, 0.25) is 5.91 Å². The van der Waals surface area contributed by atoms with Crippen molar-refractivity contribution in [2.45, 2.75) is 25.8 Å². The van der Waals surface area contributed by atoms with Crippen LogP contribution >= 0.6 is 24.8 Å². The second kappa shape index (κ2) is 10.6. The van der Waals surface area contributed by atoms with Crippen LogP contribution in [0, 0.1) is 5.92 Å². The molecule has 0 aliphatic carbocycles. The molecule has 1 unspecified atom stereocenters. The summed E-state index contributed by atoms with van der Waals surface area (Å²) in [5.74, 6) is 1.42. The van der Waals surface area contributed by atoms with Crippen LogP contribution in [0.15, 0.2) is 24.3 Å². The van der Waals surface area contributed by atoms with Gasteiger partial charge >= 0.3 is 0 Å². The Balaban J connectivity index is 0.00000242. The molecule has 1 saturated heterocycles. The molecule has 0 aromatic heterocycles. The lowest BCUT2D eigenvalue weighted by Crippen LogP contribution is -2.44. The van der Waals surface area contributed by atoms with Crippen LogP contribution in [0.4, 0.5) is 5.69 Å². The molecule has 1 heterocycles. The van der Waals surface area contributed by atoms with E-state index in [1.54, 1.807) is 7.11 Å². The molecule has 0 saturated carbocycles. The summed E-state index contributed by atoms with van der Waals surface area (Å²) in [6.07, 6.45) is 2.00. The summed E-state index contributed by atoms with van der Waals surface area (Å²) >= 11 is 0. The quantitative estimate of drug-likeness (QED) is 0.843. The maximum atomic E-state index is 12.2. The zero-order chi connectivity index (χ0) is 15.2. The summed E-state index contributed by atoms with van der Waals surface area (Å²) in [5.41, 5.74) is 6.77. The van der Waals surface area contributed by atoms with Gasteiger partial charge in [-0.15, -0.1) is 24.8 Å². The number of para-hydroxylation sites is 2. The average Bonchev–Trinajstić information content (AvgIpc) is 2.52. The molecule has 1 aliphatic heterocycles. The van der Waals surface area contributed by atoms with Gasteiger partial charge in [-0.05, 0) is 37.8 Å². The largest absolute Gasteiger partial charge is 0.495 e. The lowest BCUT2D eigenvalue weighted by Gasteiger charge is -2.33. The highest BCUT2D eigenvalue weighted by molar-refractivity contribution is 5.85. The van der Waals surface area contributed by atoms with Crippen LogP contribution < -0.4 is 15.8 Å². The van der Waals surface area contributed by atoms with E-state index in [4.69, 9.17) is 10.5 Å². The molecule has 1 aromatic rings. The first-order valence-electron chi connectivity index (χ1n) is 7.52. The molecule has 132 valence electrons. The van der Waals surface area contributed by atoms with Gasteiger partial charge in [-0.2, -0.15) is 0 Å². The maximum absolute atomic E-state index is 12.2. The fourth-order valence-electron chi connectivity index (χ4n) is 2.75. The smallest absolute Gasteiger partial charge is 0.241 e. The van der Waals surface area contributed by atoms with Gasteiger partial charge in [-0.1, -0.05) is 12.1 Å². The number of carbonyl (C=O) groups excluding carboxylic acids is 1. The lowest BCUT2D eigenvalue weighted by molar-refractivity contribution is -0.130. The molecule has 0 radical (unpaired) electrons. The SMILES string of the molecule is COc1ccccc1NCC(=O)N1CCC(C(C)N)CC1.Cl.Cl. The summed E-state index contributed by atoms with van der Waals surface area (Å²) in [6, 6.07) is 7.83. The van der Waals surface area contributed by atoms with Crippen LogP contribution in [-0.2, 0) is 4.79 Å². The monoisotopic (exact) mass is 363 g/mol. The average molecular weight is 364 g/mol. The van der Waals surface area contributed by atoms with Gasteiger partial charge in [-0.3, -0.25) is 4.79 Å². The van der Waals surface area contributed by atoms with E-state index in [2.05, 4.69) is 5.32 Å². The van der Waals surface area contributed by atoms with Crippen LogP contribution in [0.3, 0.4) is 0 Å². The highest BCUT2D eigenvalue weighted by Crippen LogP contribution is 2.23. The number of nitrogens with one attached hydrogen (secondary N) is 1. The van der Waals surface area contributed by atoms with Crippen molar-refractivity contribution in [2.24, 2.45) is 11.7 Å². The van der Waals surface area contributed by atoms with Gasteiger partial charge in [0, 0.05) is 19.1 Å². The molecule has 7 heteroatoms. The third-order valence-electron chi connectivity index (χ3n) is 4.17. The van der Waals surface area contributed by atoms with Crippen LogP contribution in [0.2, 0.25) is 0 Å². The standard InChI is InChI=1S/C16H25N3O2.2ClH/c1-12(17)13-7-9-19(10-8-13)16(20)11-18-14-5-3-4-6-15(14)21-2;;/h3-6,12-13,18H,7-11,17H2,1-2H3;2*1H. The third kappa shape index (κ3) is 6.09. The van der Waals surface area contributed by atoms with Gasteiger partial charge < -0.3 is 20.7 Å².